The Kier molecular flexibility index (Phi) is 6.78. The predicted octanol–water partition coefficient (Wildman–Crippen LogP) is 5.81. The highest BCUT2D eigenvalue weighted by molar-refractivity contribution is 6.06. The molecule has 2 amide bonds. The van der Waals surface area contributed by atoms with E-state index in [1.165, 1.54) is 0 Å². The first-order chi connectivity index (χ1) is 18.4. The van der Waals surface area contributed by atoms with Gasteiger partial charge in [-0.15, -0.1) is 0 Å². The number of benzene rings is 4. The van der Waals surface area contributed by atoms with Crippen LogP contribution < -0.4 is 20.3 Å². The van der Waals surface area contributed by atoms with E-state index >= 15 is 0 Å². The van der Waals surface area contributed by atoms with Crippen molar-refractivity contribution in [2.75, 3.05) is 36.7 Å². The lowest BCUT2D eigenvalue weighted by Crippen LogP contribution is -2.14. The first-order valence-corrected chi connectivity index (χ1v) is 12.0. The number of aromatic amines is 1. The zero-order valence-corrected chi connectivity index (χ0v) is 21.3. The fourth-order valence-electron chi connectivity index (χ4n) is 3.99. The number of nitrogens with zero attached hydrogens (tertiary/aromatic N) is 2. The lowest BCUT2D eigenvalue weighted by atomic mass is 10.1. The highest BCUT2D eigenvalue weighted by Gasteiger charge is 2.11. The number of ether oxygens (including phenoxy) is 1. The Morgan fingerprint density at radius 3 is 1.84 bits per heavy atom. The molecule has 0 unspecified atom stereocenters. The van der Waals surface area contributed by atoms with Crippen LogP contribution in [0.1, 0.15) is 20.7 Å². The van der Waals surface area contributed by atoms with Gasteiger partial charge in [0.1, 0.15) is 11.6 Å². The smallest absolute Gasteiger partial charge is 0.255 e. The van der Waals surface area contributed by atoms with Gasteiger partial charge < -0.3 is 25.3 Å². The molecule has 5 rings (SSSR count). The molecule has 0 spiro atoms. The summed E-state index contributed by atoms with van der Waals surface area (Å²) in [5.41, 5.74) is 5.95. The first-order valence-electron chi connectivity index (χ1n) is 12.0. The number of carbonyl (C=O) groups is 2. The van der Waals surface area contributed by atoms with E-state index in [9.17, 15) is 9.59 Å². The predicted molar refractivity (Wildman–Crippen MR) is 151 cm³/mol. The number of rotatable bonds is 7. The number of aromatic nitrogens is 2. The molecule has 3 N–H and O–H groups in total. The number of hydrogen-bond donors (Lipinski definition) is 3. The van der Waals surface area contributed by atoms with Crippen molar-refractivity contribution in [2.45, 2.75) is 0 Å². The topological polar surface area (TPSA) is 99.3 Å². The maximum atomic E-state index is 12.8. The minimum absolute atomic E-state index is 0.198. The van der Waals surface area contributed by atoms with Crippen LogP contribution in [0.5, 0.6) is 5.75 Å². The molecule has 0 aliphatic heterocycles. The number of H-pyrrole nitrogens is 1. The molecule has 0 saturated heterocycles. The van der Waals surface area contributed by atoms with E-state index in [4.69, 9.17) is 4.74 Å². The van der Waals surface area contributed by atoms with E-state index < -0.39 is 0 Å². The Balaban J connectivity index is 1.20. The quantitative estimate of drug-likeness (QED) is 0.259. The van der Waals surface area contributed by atoms with Gasteiger partial charge in [0.2, 0.25) is 0 Å². The number of hydrogen-bond acceptors (Lipinski definition) is 5. The van der Waals surface area contributed by atoms with E-state index in [0.29, 0.717) is 28.3 Å². The van der Waals surface area contributed by atoms with Gasteiger partial charge in [-0.2, -0.15) is 0 Å². The van der Waals surface area contributed by atoms with Gasteiger partial charge in [-0.05, 0) is 72.8 Å². The molecule has 8 heteroatoms. The molecule has 0 aliphatic carbocycles. The minimum atomic E-state index is -0.233. The van der Waals surface area contributed by atoms with Gasteiger partial charge in [0.05, 0.1) is 18.1 Å². The zero-order chi connectivity index (χ0) is 26.6. The lowest BCUT2D eigenvalue weighted by molar-refractivity contribution is 0.101. The number of methoxy groups -OCH3 is 1. The van der Waals surface area contributed by atoms with E-state index in [1.54, 1.807) is 55.6 Å². The van der Waals surface area contributed by atoms with Crippen molar-refractivity contribution in [1.82, 2.24) is 9.97 Å². The third-order valence-electron chi connectivity index (χ3n) is 6.16. The molecule has 8 nitrogen and oxygen atoms in total. The lowest BCUT2D eigenvalue weighted by Gasteiger charge is -2.13. The van der Waals surface area contributed by atoms with Gasteiger partial charge in [-0.3, -0.25) is 9.59 Å². The van der Waals surface area contributed by atoms with Crippen LogP contribution in [0.2, 0.25) is 0 Å². The summed E-state index contributed by atoms with van der Waals surface area (Å²) in [6, 6.07) is 27.3. The average Bonchev–Trinajstić information content (AvgIpc) is 3.37. The average molecular weight is 506 g/mol. The maximum absolute atomic E-state index is 12.8. The highest BCUT2D eigenvalue weighted by atomic mass is 16.5. The molecule has 1 aromatic heterocycles. The van der Waals surface area contributed by atoms with Crippen molar-refractivity contribution in [3.63, 3.8) is 0 Å². The fraction of sp³-hybridized carbons (Fsp3) is 0.100. The SMILES string of the molecule is COc1ccc2nc(-c3ccc(C(=O)Nc4ccc(NC(=O)c5ccc(N(C)C)cc5)cc4)cc3)[nH]c2c1. The van der Waals surface area contributed by atoms with Crippen LogP contribution in [-0.4, -0.2) is 43.0 Å². The summed E-state index contributed by atoms with van der Waals surface area (Å²) < 4.78 is 5.27. The van der Waals surface area contributed by atoms with Gasteiger partial charge in [-0.1, -0.05) is 12.1 Å². The Hall–Kier alpha value is -5.11. The van der Waals surface area contributed by atoms with Crippen molar-refractivity contribution in [3.8, 4) is 17.1 Å². The van der Waals surface area contributed by atoms with Crippen LogP contribution in [0.3, 0.4) is 0 Å². The summed E-state index contributed by atoms with van der Waals surface area (Å²) in [7, 11) is 5.52. The Morgan fingerprint density at radius 2 is 1.32 bits per heavy atom. The van der Waals surface area contributed by atoms with Crippen LogP contribution >= 0.6 is 0 Å². The molecule has 4 aromatic carbocycles. The second kappa shape index (κ2) is 10.5. The molecule has 0 bridgehead atoms. The highest BCUT2D eigenvalue weighted by Crippen LogP contribution is 2.24. The largest absolute Gasteiger partial charge is 0.497 e. The summed E-state index contributed by atoms with van der Waals surface area (Å²) in [4.78, 5) is 35.2. The fourth-order valence-corrected chi connectivity index (χ4v) is 3.99. The molecule has 5 aromatic rings. The van der Waals surface area contributed by atoms with Crippen molar-refractivity contribution >= 4 is 39.9 Å². The van der Waals surface area contributed by atoms with Crippen molar-refractivity contribution in [3.05, 3.63) is 102 Å². The van der Waals surface area contributed by atoms with Crippen LogP contribution in [-0.2, 0) is 0 Å². The maximum Gasteiger partial charge on any atom is 0.255 e. The standard InChI is InChI=1S/C30H27N5O3/c1-35(2)24-14-8-21(9-15-24)30(37)32-23-12-10-22(11-13-23)31-29(36)20-6-4-19(5-7-20)28-33-26-17-16-25(38-3)18-27(26)34-28/h4-18H,1-3H3,(H,31,36)(H,32,37)(H,33,34). The number of anilines is 3. The van der Waals surface area contributed by atoms with E-state index in [2.05, 4.69) is 20.6 Å². The zero-order valence-electron chi connectivity index (χ0n) is 21.3. The number of amides is 2. The molecule has 190 valence electrons. The monoisotopic (exact) mass is 505 g/mol. The Labute approximate surface area is 220 Å². The molecular formula is C30H27N5O3. The van der Waals surface area contributed by atoms with E-state index in [-0.39, 0.29) is 11.8 Å². The van der Waals surface area contributed by atoms with E-state index in [1.807, 2.05) is 61.5 Å². The van der Waals surface area contributed by atoms with Crippen molar-refractivity contribution in [1.29, 1.82) is 0 Å². The number of fused-ring (bicyclic) bond motifs is 1. The molecule has 0 saturated carbocycles. The van der Waals surface area contributed by atoms with Crippen LogP contribution in [0, 0.1) is 0 Å². The third kappa shape index (κ3) is 5.34. The molecular weight excluding hydrogens is 478 g/mol. The normalized spacial score (nSPS) is 10.7. The number of nitrogens with one attached hydrogen (secondary N) is 3. The molecule has 38 heavy (non-hydrogen) atoms. The molecule has 1 heterocycles. The van der Waals surface area contributed by atoms with Crippen LogP contribution in [0.25, 0.3) is 22.4 Å². The van der Waals surface area contributed by atoms with Gasteiger partial charge in [0.25, 0.3) is 11.8 Å². The molecule has 0 atom stereocenters. The van der Waals surface area contributed by atoms with Gasteiger partial charge in [0, 0.05) is 53.9 Å². The second-order valence-corrected chi connectivity index (χ2v) is 8.97. The Bertz CT molecular complexity index is 1590. The summed E-state index contributed by atoms with van der Waals surface area (Å²) in [6.07, 6.45) is 0. The molecule has 0 radical (unpaired) electrons. The van der Waals surface area contributed by atoms with E-state index in [0.717, 1.165) is 28.0 Å². The Morgan fingerprint density at radius 1 is 0.763 bits per heavy atom. The molecule has 0 aliphatic rings. The second-order valence-electron chi connectivity index (χ2n) is 8.97. The third-order valence-corrected chi connectivity index (χ3v) is 6.16. The van der Waals surface area contributed by atoms with Crippen LogP contribution in [0.15, 0.2) is 91.0 Å². The summed E-state index contributed by atoms with van der Waals surface area (Å²) in [6.45, 7) is 0. The summed E-state index contributed by atoms with van der Waals surface area (Å²) in [5.74, 6) is 1.04. The molecule has 0 fully saturated rings. The summed E-state index contributed by atoms with van der Waals surface area (Å²) in [5, 5.41) is 5.76. The summed E-state index contributed by atoms with van der Waals surface area (Å²) >= 11 is 0. The van der Waals surface area contributed by atoms with Gasteiger partial charge in [0.15, 0.2) is 0 Å². The van der Waals surface area contributed by atoms with Crippen molar-refractivity contribution < 1.29 is 14.3 Å². The van der Waals surface area contributed by atoms with Crippen molar-refractivity contribution in [2.24, 2.45) is 0 Å². The van der Waals surface area contributed by atoms with Gasteiger partial charge >= 0.3 is 0 Å². The number of imidazole rings is 1. The van der Waals surface area contributed by atoms with Crippen LogP contribution in [0.4, 0.5) is 17.1 Å². The first kappa shape index (κ1) is 24.6. The minimum Gasteiger partial charge on any atom is -0.497 e. The number of carbonyl (C=O) groups excluding carboxylic acids is 2. The van der Waals surface area contributed by atoms with Gasteiger partial charge in [-0.25, -0.2) is 4.98 Å².